The molecule has 0 aliphatic carbocycles. The van der Waals surface area contributed by atoms with Gasteiger partial charge in [-0.3, -0.25) is 4.98 Å². The topological polar surface area (TPSA) is 34.1 Å². The van der Waals surface area contributed by atoms with Gasteiger partial charge in [-0.05, 0) is 54.4 Å². The van der Waals surface area contributed by atoms with Gasteiger partial charge < -0.3 is 10.1 Å². The highest BCUT2D eigenvalue weighted by molar-refractivity contribution is 5.33. The maximum Gasteiger partial charge on any atom is 0.416 e. The van der Waals surface area contributed by atoms with Gasteiger partial charge in [-0.15, -0.1) is 0 Å². The molecule has 0 atom stereocenters. The highest BCUT2D eigenvalue weighted by atomic mass is 19.4. The van der Waals surface area contributed by atoms with Gasteiger partial charge in [-0.25, -0.2) is 0 Å². The van der Waals surface area contributed by atoms with Gasteiger partial charge in [0.1, 0.15) is 11.5 Å². The first-order valence-electron chi connectivity index (χ1n) is 8.54. The molecule has 3 aromatic rings. The molecule has 0 fully saturated rings. The van der Waals surface area contributed by atoms with Gasteiger partial charge in [0.05, 0.1) is 11.8 Å². The first-order valence-corrected chi connectivity index (χ1v) is 8.54. The quantitative estimate of drug-likeness (QED) is 0.577. The van der Waals surface area contributed by atoms with Crippen molar-refractivity contribution in [2.24, 2.45) is 0 Å². The summed E-state index contributed by atoms with van der Waals surface area (Å²) in [5.41, 5.74) is 1.08. The van der Waals surface area contributed by atoms with Crippen LogP contribution in [0.1, 0.15) is 16.7 Å². The lowest BCUT2D eigenvalue weighted by atomic mass is 10.1. The van der Waals surface area contributed by atoms with Crippen molar-refractivity contribution in [1.29, 1.82) is 0 Å². The van der Waals surface area contributed by atoms with Crippen molar-refractivity contribution in [3.05, 3.63) is 89.7 Å². The van der Waals surface area contributed by atoms with Crippen molar-refractivity contribution in [1.82, 2.24) is 10.3 Å². The van der Waals surface area contributed by atoms with Crippen LogP contribution in [-0.2, 0) is 19.1 Å². The van der Waals surface area contributed by atoms with Crippen molar-refractivity contribution in [2.45, 2.75) is 19.1 Å². The molecule has 0 aliphatic rings. The summed E-state index contributed by atoms with van der Waals surface area (Å²) in [5.74, 6) is 1.37. The van der Waals surface area contributed by atoms with Gasteiger partial charge in [-0.1, -0.05) is 30.3 Å². The Kier molecular flexibility index (Phi) is 6.08. The van der Waals surface area contributed by atoms with Gasteiger partial charge in [0, 0.05) is 12.7 Å². The second-order valence-corrected chi connectivity index (χ2v) is 6.06. The number of nitrogens with zero attached hydrogens (tertiary/aromatic N) is 1. The summed E-state index contributed by atoms with van der Waals surface area (Å²) in [4.78, 5) is 4.01. The second kappa shape index (κ2) is 8.68. The first-order chi connectivity index (χ1) is 13.0. The zero-order chi connectivity index (χ0) is 19.1. The molecule has 0 unspecified atom stereocenters. The zero-order valence-electron chi connectivity index (χ0n) is 14.5. The number of rotatable bonds is 7. The Bertz CT molecular complexity index is 867. The Morgan fingerprint density at radius 3 is 2.44 bits per heavy atom. The van der Waals surface area contributed by atoms with Crippen LogP contribution >= 0.6 is 0 Å². The number of aromatic nitrogens is 1. The third-order valence-electron chi connectivity index (χ3n) is 3.94. The van der Waals surface area contributed by atoms with E-state index in [-0.39, 0.29) is 0 Å². The van der Waals surface area contributed by atoms with Gasteiger partial charge in [-0.2, -0.15) is 13.2 Å². The highest BCUT2D eigenvalue weighted by Gasteiger charge is 2.30. The summed E-state index contributed by atoms with van der Waals surface area (Å²) in [7, 11) is 0. The molecule has 6 heteroatoms. The van der Waals surface area contributed by atoms with Crippen molar-refractivity contribution in [3.63, 3.8) is 0 Å². The molecule has 0 radical (unpaired) electrons. The third-order valence-corrected chi connectivity index (χ3v) is 3.94. The molecule has 0 spiro atoms. The van der Waals surface area contributed by atoms with Crippen LogP contribution in [-0.4, -0.2) is 11.5 Å². The molecule has 1 heterocycles. The molecule has 0 saturated heterocycles. The predicted octanol–water partition coefficient (Wildman–Crippen LogP) is 5.23. The summed E-state index contributed by atoms with van der Waals surface area (Å²) in [6.07, 6.45) is -0.467. The summed E-state index contributed by atoms with van der Waals surface area (Å²) in [6, 6.07) is 16.7. The number of alkyl halides is 3. The smallest absolute Gasteiger partial charge is 0.416 e. The average molecular weight is 372 g/mol. The molecule has 0 aliphatic heterocycles. The lowest BCUT2D eigenvalue weighted by Gasteiger charge is -2.10. The number of pyridine rings is 1. The van der Waals surface area contributed by atoms with Crippen molar-refractivity contribution in [3.8, 4) is 11.5 Å². The lowest BCUT2D eigenvalue weighted by molar-refractivity contribution is -0.137. The van der Waals surface area contributed by atoms with Crippen molar-refractivity contribution >= 4 is 0 Å². The lowest BCUT2D eigenvalue weighted by Crippen LogP contribution is -2.17. The van der Waals surface area contributed by atoms with Crippen molar-refractivity contribution < 1.29 is 17.9 Å². The minimum atomic E-state index is -4.31. The van der Waals surface area contributed by atoms with E-state index in [2.05, 4.69) is 10.3 Å². The fourth-order valence-electron chi connectivity index (χ4n) is 2.63. The van der Waals surface area contributed by atoms with Crippen LogP contribution in [0.4, 0.5) is 13.2 Å². The Morgan fingerprint density at radius 1 is 0.889 bits per heavy atom. The monoisotopic (exact) mass is 372 g/mol. The molecule has 0 amide bonds. The van der Waals surface area contributed by atoms with E-state index in [1.165, 1.54) is 12.1 Å². The van der Waals surface area contributed by atoms with E-state index >= 15 is 0 Å². The normalized spacial score (nSPS) is 11.4. The zero-order valence-corrected chi connectivity index (χ0v) is 14.5. The molecule has 140 valence electrons. The third kappa shape index (κ3) is 5.82. The number of hydrogen-bond acceptors (Lipinski definition) is 3. The fraction of sp³-hybridized carbons (Fsp3) is 0.190. The number of benzene rings is 2. The molecule has 2 aromatic carbocycles. The van der Waals surface area contributed by atoms with Crippen LogP contribution in [0.3, 0.4) is 0 Å². The van der Waals surface area contributed by atoms with E-state index in [0.29, 0.717) is 36.6 Å². The maximum absolute atomic E-state index is 12.7. The largest absolute Gasteiger partial charge is 0.456 e. The standard InChI is InChI=1S/C21H19F3N2O/c22-21(23,24)18-6-1-4-16(12-18)9-11-26-14-17-5-2-7-19(13-17)27-20-8-3-10-25-15-20/h1-8,10,12-13,15,26H,9,11,14H2. The second-order valence-electron chi connectivity index (χ2n) is 6.06. The molecule has 27 heavy (non-hydrogen) atoms. The van der Waals surface area contributed by atoms with Crippen LogP contribution in [0.5, 0.6) is 11.5 Å². The number of nitrogens with one attached hydrogen (secondary N) is 1. The number of ether oxygens (including phenoxy) is 1. The molecule has 1 aromatic heterocycles. The minimum Gasteiger partial charge on any atom is -0.456 e. The van der Waals surface area contributed by atoms with Gasteiger partial charge in [0.25, 0.3) is 0 Å². The number of halogens is 3. The maximum atomic E-state index is 12.7. The van der Waals surface area contributed by atoms with Crippen LogP contribution < -0.4 is 10.1 Å². The molecule has 1 N–H and O–H groups in total. The average Bonchev–Trinajstić information content (AvgIpc) is 2.66. The molecule has 3 nitrogen and oxygen atoms in total. The first kappa shape index (κ1) is 18.9. The predicted molar refractivity (Wildman–Crippen MR) is 97.6 cm³/mol. The molecule has 0 bridgehead atoms. The van der Waals surface area contributed by atoms with E-state index < -0.39 is 11.7 Å². The summed E-state index contributed by atoms with van der Waals surface area (Å²) in [5, 5.41) is 3.25. The van der Waals surface area contributed by atoms with E-state index in [1.807, 2.05) is 30.3 Å². The minimum absolute atomic E-state index is 0.524. The van der Waals surface area contributed by atoms with Crippen LogP contribution in [0.15, 0.2) is 73.1 Å². The Hall–Kier alpha value is -2.86. The van der Waals surface area contributed by atoms with Gasteiger partial charge in [0.2, 0.25) is 0 Å². The Balaban J connectivity index is 1.50. The van der Waals surface area contributed by atoms with E-state index in [1.54, 1.807) is 24.5 Å². The summed E-state index contributed by atoms with van der Waals surface area (Å²) in [6.45, 7) is 1.18. The molecule has 3 rings (SSSR count). The highest BCUT2D eigenvalue weighted by Crippen LogP contribution is 2.29. The summed E-state index contributed by atoms with van der Waals surface area (Å²) >= 11 is 0. The van der Waals surface area contributed by atoms with Crippen LogP contribution in [0.25, 0.3) is 0 Å². The van der Waals surface area contributed by atoms with Gasteiger partial charge in [0.15, 0.2) is 0 Å². The van der Waals surface area contributed by atoms with E-state index in [9.17, 15) is 13.2 Å². The molecule has 0 saturated carbocycles. The van der Waals surface area contributed by atoms with E-state index in [4.69, 9.17) is 4.74 Å². The Labute approximate surface area is 155 Å². The molecular weight excluding hydrogens is 353 g/mol. The van der Waals surface area contributed by atoms with Crippen LogP contribution in [0.2, 0.25) is 0 Å². The summed E-state index contributed by atoms with van der Waals surface area (Å²) < 4.78 is 44.0. The molecular formula is C21H19F3N2O. The van der Waals surface area contributed by atoms with Crippen molar-refractivity contribution in [2.75, 3.05) is 6.54 Å². The fourth-order valence-corrected chi connectivity index (χ4v) is 2.63. The Morgan fingerprint density at radius 2 is 1.67 bits per heavy atom. The van der Waals surface area contributed by atoms with E-state index in [0.717, 1.165) is 11.6 Å². The SMILES string of the molecule is FC(F)(F)c1cccc(CCNCc2cccc(Oc3cccnc3)c2)c1. The number of hydrogen-bond donors (Lipinski definition) is 1. The van der Waals surface area contributed by atoms with Gasteiger partial charge >= 0.3 is 6.18 Å². The van der Waals surface area contributed by atoms with Crippen LogP contribution in [0, 0.1) is 0 Å².